The lowest BCUT2D eigenvalue weighted by Gasteiger charge is -2.27. The fourth-order valence-corrected chi connectivity index (χ4v) is 5.13. The zero-order valence-electron chi connectivity index (χ0n) is 14.7. The molecular weight excluding hydrogens is 312 g/mol. The predicted molar refractivity (Wildman–Crippen MR) is 94.1 cm³/mol. The highest BCUT2D eigenvalue weighted by molar-refractivity contribution is 5.85. The van der Waals surface area contributed by atoms with Crippen molar-refractivity contribution in [2.24, 2.45) is 13.0 Å². The van der Waals surface area contributed by atoms with Crippen molar-refractivity contribution in [1.82, 2.24) is 20.3 Å². The average Bonchev–Trinajstić information content (AvgIpc) is 3.23. The number of aromatic nitrogens is 3. The summed E-state index contributed by atoms with van der Waals surface area (Å²) in [6.07, 6.45) is 7.27. The molecule has 0 bridgehead atoms. The molecule has 3 atom stereocenters. The molecule has 1 heterocycles. The lowest BCUT2D eigenvalue weighted by atomic mass is 9.78. The van der Waals surface area contributed by atoms with E-state index in [0.717, 1.165) is 44.2 Å². The number of nitrogens with one attached hydrogen (secondary N) is 1. The summed E-state index contributed by atoms with van der Waals surface area (Å²) in [5.74, 6) is 0.395. The number of hydrogen-bond donors (Lipinski definition) is 1. The second kappa shape index (κ2) is 5.41. The summed E-state index contributed by atoms with van der Waals surface area (Å²) >= 11 is 0. The fraction of sp³-hybridized carbons (Fsp3) is 0.550. The van der Waals surface area contributed by atoms with Gasteiger partial charge in [-0.05, 0) is 49.7 Å². The molecule has 1 amide bonds. The van der Waals surface area contributed by atoms with Crippen molar-refractivity contribution >= 4 is 5.91 Å². The first kappa shape index (κ1) is 15.1. The van der Waals surface area contributed by atoms with Crippen LogP contribution in [0.15, 0.2) is 24.3 Å². The summed E-state index contributed by atoms with van der Waals surface area (Å²) in [6, 6.07) is 8.92. The molecule has 130 valence electrons. The van der Waals surface area contributed by atoms with E-state index in [1.807, 2.05) is 11.7 Å². The van der Waals surface area contributed by atoms with Crippen molar-refractivity contribution < 1.29 is 4.79 Å². The molecule has 1 aromatic heterocycles. The smallest absolute Gasteiger partial charge is 0.224 e. The van der Waals surface area contributed by atoms with Gasteiger partial charge in [0, 0.05) is 30.8 Å². The molecule has 1 spiro atoms. The zero-order chi connectivity index (χ0) is 17.0. The lowest BCUT2D eigenvalue weighted by molar-refractivity contribution is -0.123. The molecular formula is C20H24N4O. The quantitative estimate of drug-likeness (QED) is 0.913. The molecule has 1 fully saturated rings. The van der Waals surface area contributed by atoms with E-state index >= 15 is 0 Å². The molecule has 1 N–H and O–H groups in total. The van der Waals surface area contributed by atoms with Gasteiger partial charge in [-0.15, -0.1) is 5.10 Å². The molecule has 25 heavy (non-hydrogen) atoms. The highest BCUT2D eigenvalue weighted by Crippen LogP contribution is 2.60. The van der Waals surface area contributed by atoms with Gasteiger partial charge >= 0.3 is 0 Å². The average molecular weight is 336 g/mol. The van der Waals surface area contributed by atoms with Gasteiger partial charge in [0.2, 0.25) is 5.91 Å². The van der Waals surface area contributed by atoms with Crippen LogP contribution in [0.5, 0.6) is 0 Å². The first-order valence-electron chi connectivity index (χ1n) is 9.43. The van der Waals surface area contributed by atoms with Crippen LogP contribution in [0.25, 0.3) is 0 Å². The highest BCUT2D eigenvalue weighted by Gasteiger charge is 2.60. The molecule has 3 aliphatic carbocycles. The summed E-state index contributed by atoms with van der Waals surface area (Å²) < 4.78 is 1.86. The monoisotopic (exact) mass is 336 g/mol. The Morgan fingerprint density at radius 1 is 1.32 bits per heavy atom. The zero-order valence-corrected chi connectivity index (χ0v) is 14.7. The first-order valence-corrected chi connectivity index (χ1v) is 9.43. The van der Waals surface area contributed by atoms with Crippen LogP contribution in [0, 0.1) is 5.92 Å². The van der Waals surface area contributed by atoms with Crippen LogP contribution in [-0.4, -0.2) is 26.9 Å². The van der Waals surface area contributed by atoms with E-state index in [9.17, 15) is 4.79 Å². The SMILES string of the molecule is Cn1nnc2c1CCC(NC(=O)[C@@H]1C[C@]13CCCc1ccccc13)C2. The van der Waals surface area contributed by atoms with E-state index in [2.05, 4.69) is 39.9 Å². The molecule has 1 aromatic carbocycles. The maximum absolute atomic E-state index is 12.9. The van der Waals surface area contributed by atoms with Crippen LogP contribution < -0.4 is 5.32 Å². The summed E-state index contributed by atoms with van der Waals surface area (Å²) in [4.78, 5) is 12.9. The van der Waals surface area contributed by atoms with Crippen molar-refractivity contribution in [1.29, 1.82) is 0 Å². The number of amides is 1. The van der Waals surface area contributed by atoms with E-state index in [-0.39, 0.29) is 23.3 Å². The Morgan fingerprint density at radius 3 is 3.12 bits per heavy atom. The summed E-state index contributed by atoms with van der Waals surface area (Å²) in [5.41, 5.74) is 5.26. The van der Waals surface area contributed by atoms with Gasteiger partial charge in [0.1, 0.15) is 0 Å². The van der Waals surface area contributed by atoms with Crippen molar-refractivity contribution in [3.8, 4) is 0 Å². The van der Waals surface area contributed by atoms with E-state index in [1.54, 1.807) is 0 Å². The third-order valence-electron chi connectivity index (χ3n) is 6.55. The minimum absolute atomic E-state index is 0.116. The maximum atomic E-state index is 12.9. The Hall–Kier alpha value is -2.17. The minimum atomic E-state index is 0.116. The number of hydrogen-bond acceptors (Lipinski definition) is 3. The second-order valence-corrected chi connectivity index (χ2v) is 7.98. The largest absolute Gasteiger partial charge is 0.353 e. The second-order valence-electron chi connectivity index (χ2n) is 7.98. The Balaban J connectivity index is 1.30. The molecule has 0 saturated heterocycles. The molecule has 2 aromatic rings. The minimum Gasteiger partial charge on any atom is -0.353 e. The van der Waals surface area contributed by atoms with Crippen molar-refractivity contribution in [3.05, 3.63) is 46.8 Å². The van der Waals surface area contributed by atoms with Gasteiger partial charge in [0.25, 0.3) is 0 Å². The van der Waals surface area contributed by atoms with Gasteiger partial charge in [-0.2, -0.15) is 0 Å². The van der Waals surface area contributed by atoms with Crippen molar-refractivity contribution in [2.75, 3.05) is 0 Å². The molecule has 1 saturated carbocycles. The Morgan fingerprint density at radius 2 is 2.20 bits per heavy atom. The number of nitrogens with zero attached hydrogens (tertiary/aromatic N) is 3. The summed E-state index contributed by atoms with van der Waals surface area (Å²) in [5, 5.41) is 11.7. The third-order valence-corrected chi connectivity index (χ3v) is 6.55. The van der Waals surface area contributed by atoms with Gasteiger partial charge in [0.05, 0.1) is 11.4 Å². The topological polar surface area (TPSA) is 59.8 Å². The van der Waals surface area contributed by atoms with Crippen LogP contribution in [0.1, 0.15) is 48.2 Å². The Kier molecular flexibility index (Phi) is 3.27. The first-order chi connectivity index (χ1) is 12.2. The predicted octanol–water partition coefficient (Wildman–Crippen LogP) is 2.08. The van der Waals surface area contributed by atoms with Crippen molar-refractivity contribution in [2.45, 2.75) is 56.4 Å². The van der Waals surface area contributed by atoms with Gasteiger partial charge in [0.15, 0.2) is 0 Å². The van der Waals surface area contributed by atoms with Crippen molar-refractivity contribution in [3.63, 3.8) is 0 Å². The third kappa shape index (κ3) is 2.32. The molecule has 0 radical (unpaired) electrons. The number of aryl methyl sites for hydroxylation is 2. The number of carbonyl (C=O) groups excluding carboxylic acids is 1. The number of benzene rings is 1. The number of rotatable bonds is 2. The molecule has 1 unspecified atom stereocenters. The number of fused-ring (bicyclic) bond motifs is 3. The van der Waals surface area contributed by atoms with E-state index < -0.39 is 0 Å². The standard InChI is InChI=1S/C20H24N4O/c1-24-18-9-8-14(11-17(18)22-23-24)21-19(25)16-12-20(16)10-4-6-13-5-2-3-7-15(13)20/h2-3,5,7,14,16H,4,6,8-12H2,1H3,(H,21,25)/t14?,16-,20-/m0/s1. The van der Waals surface area contributed by atoms with E-state index in [1.165, 1.54) is 23.2 Å². The normalized spacial score (nSPS) is 29.8. The van der Waals surface area contributed by atoms with Crippen LogP contribution in [-0.2, 0) is 36.5 Å². The molecule has 5 rings (SSSR count). The highest BCUT2D eigenvalue weighted by atomic mass is 16.2. The van der Waals surface area contributed by atoms with Gasteiger partial charge in [-0.3, -0.25) is 9.48 Å². The van der Waals surface area contributed by atoms with Gasteiger partial charge < -0.3 is 5.32 Å². The number of carbonyl (C=O) groups is 1. The molecule has 5 heteroatoms. The Labute approximate surface area is 147 Å². The van der Waals surface area contributed by atoms with Crippen LogP contribution in [0.3, 0.4) is 0 Å². The van der Waals surface area contributed by atoms with Crippen LogP contribution in [0.4, 0.5) is 0 Å². The Bertz CT molecular complexity index is 842. The summed E-state index contributed by atoms with van der Waals surface area (Å²) in [7, 11) is 1.94. The molecule has 0 aliphatic heterocycles. The van der Waals surface area contributed by atoms with Gasteiger partial charge in [-0.25, -0.2) is 0 Å². The van der Waals surface area contributed by atoms with Gasteiger partial charge in [-0.1, -0.05) is 29.5 Å². The van der Waals surface area contributed by atoms with Crippen LogP contribution >= 0.6 is 0 Å². The van der Waals surface area contributed by atoms with Crippen LogP contribution in [0.2, 0.25) is 0 Å². The maximum Gasteiger partial charge on any atom is 0.224 e. The molecule has 3 aliphatic rings. The van der Waals surface area contributed by atoms with E-state index in [4.69, 9.17) is 0 Å². The fourth-order valence-electron chi connectivity index (χ4n) is 5.13. The lowest BCUT2D eigenvalue weighted by Crippen LogP contribution is -2.41. The summed E-state index contributed by atoms with van der Waals surface area (Å²) in [6.45, 7) is 0. The molecule has 5 nitrogen and oxygen atoms in total. The van der Waals surface area contributed by atoms with E-state index in [0.29, 0.717) is 0 Å².